The van der Waals surface area contributed by atoms with E-state index in [9.17, 15) is 13.3 Å². The van der Waals surface area contributed by atoms with Crippen LogP contribution in [0.1, 0.15) is 0 Å². The van der Waals surface area contributed by atoms with Crippen LogP contribution in [-0.4, -0.2) is 11.0 Å². The summed E-state index contributed by atoms with van der Waals surface area (Å²) >= 11 is 0. The molecule has 0 saturated heterocycles. The lowest BCUT2D eigenvalue weighted by molar-refractivity contribution is -0.122. The fourth-order valence-corrected chi connectivity index (χ4v) is 0.417. The first kappa shape index (κ1) is 8.57. The van der Waals surface area contributed by atoms with Gasteiger partial charge in [-0.3, -0.25) is 4.57 Å². The fourth-order valence-electron chi connectivity index (χ4n) is 0.139. The van der Waals surface area contributed by atoms with Gasteiger partial charge in [-0.25, -0.2) is 4.52 Å². The first-order chi connectivity index (χ1) is 3.98. The summed E-state index contributed by atoms with van der Waals surface area (Å²) in [6.45, 7) is 0. The third-order valence-electron chi connectivity index (χ3n) is 0.384. The molecule has 0 heterocycles. The molecule has 0 aliphatic carbocycles. The van der Waals surface area contributed by atoms with Crippen LogP contribution in [-0.2, 0) is 9.09 Å². The molecule has 0 aromatic heterocycles. The van der Waals surface area contributed by atoms with E-state index >= 15 is 0 Å². The Bertz CT molecular complexity index is 161. The van der Waals surface area contributed by atoms with Crippen LogP contribution in [0.15, 0.2) is 0 Å². The Morgan fingerprint density at radius 1 is 1.78 bits per heavy atom. The maximum atomic E-state index is 11.6. The molecule has 0 aromatic carbocycles. The molecule has 0 aliphatic rings. The van der Waals surface area contributed by atoms with Gasteiger partial charge in [0.1, 0.15) is 0 Å². The van der Waals surface area contributed by atoms with Crippen LogP contribution >= 0.6 is 8.25 Å². The van der Waals surface area contributed by atoms with Crippen molar-refractivity contribution in [2.75, 3.05) is 0 Å². The van der Waals surface area contributed by atoms with Gasteiger partial charge in [-0.1, -0.05) is 0 Å². The molecule has 0 radical (unpaired) electrons. The van der Waals surface area contributed by atoms with Gasteiger partial charge in [0.25, 0.3) is 0 Å². The van der Waals surface area contributed by atoms with Crippen molar-refractivity contribution in [2.24, 2.45) is 0 Å². The molecule has 6 heteroatoms. The van der Waals surface area contributed by atoms with Crippen LogP contribution in [0.3, 0.4) is 0 Å². The Kier molecular flexibility index (Phi) is 2.78. The van der Waals surface area contributed by atoms with Gasteiger partial charge in [-0.15, -0.1) is 6.42 Å². The van der Waals surface area contributed by atoms with Gasteiger partial charge in [0.05, 0.1) is 0 Å². The maximum Gasteiger partial charge on any atom is 0.429 e. The summed E-state index contributed by atoms with van der Waals surface area (Å²) in [6, 6.07) is 0. The highest BCUT2D eigenvalue weighted by molar-refractivity contribution is 7.32. The average Bonchev–Trinajstić information content (AvgIpc) is 1.63. The summed E-state index contributed by atoms with van der Waals surface area (Å²) in [5.41, 5.74) is 0. The van der Waals surface area contributed by atoms with Gasteiger partial charge in [-0.2, -0.15) is 8.78 Å². The second kappa shape index (κ2) is 2.92. The molecule has 0 saturated carbocycles. The average molecular weight is 156 g/mol. The van der Waals surface area contributed by atoms with Gasteiger partial charge < -0.3 is 4.89 Å². The highest BCUT2D eigenvalue weighted by Crippen LogP contribution is 2.27. The monoisotopic (exact) mass is 156 g/mol. The van der Waals surface area contributed by atoms with E-state index in [-0.39, 0.29) is 0 Å². The molecule has 52 valence electrons. The Balaban J connectivity index is 3.91. The van der Waals surface area contributed by atoms with Gasteiger partial charge in [0.15, 0.2) is 0 Å². The van der Waals surface area contributed by atoms with Gasteiger partial charge >= 0.3 is 14.4 Å². The van der Waals surface area contributed by atoms with Gasteiger partial charge in [0.2, 0.25) is 0 Å². The van der Waals surface area contributed by atoms with Crippen LogP contribution in [0.2, 0.25) is 0 Å². The molecule has 0 rings (SSSR count). The lowest BCUT2D eigenvalue weighted by atomic mass is 10.7. The predicted molar refractivity (Wildman–Crippen MR) is 26.1 cm³/mol. The third-order valence-corrected chi connectivity index (χ3v) is 0.815. The SMILES string of the molecule is C#CC(F)(F)O[PH](=O)O. The van der Waals surface area contributed by atoms with Crippen molar-refractivity contribution in [3.05, 3.63) is 0 Å². The van der Waals surface area contributed by atoms with Crippen molar-refractivity contribution >= 4 is 8.25 Å². The van der Waals surface area contributed by atoms with E-state index in [1.807, 2.05) is 0 Å². The van der Waals surface area contributed by atoms with Crippen molar-refractivity contribution in [2.45, 2.75) is 6.11 Å². The number of alkyl halides is 2. The number of hydrogen-bond donors (Lipinski definition) is 1. The minimum absolute atomic E-state index is 0.883. The van der Waals surface area contributed by atoms with Gasteiger partial charge in [0, 0.05) is 5.92 Å². The van der Waals surface area contributed by atoms with Crippen molar-refractivity contribution < 1.29 is 22.8 Å². The molecule has 1 N–H and O–H groups in total. The normalized spacial score (nSPS) is 14.4. The van der Waals surface area contributed by atoms with Crippen LogP contribution in [0.4, 0.5) is 8.78 Å². The summed E-state index contributed by atoms with van der Waals surface area (Å²) in [6.07, 6.45) is 0.270. The molecule has 0 spiro atoms. The summed E-state index contributed by atoms with van der Waals surface area (Å²) in [4.78, 5) is 7.77. The summed E-state index contributed by atoms with van der Waals surface area (Å²) in [5.74, 6) is 0.883. The second-order valence-corrected chi connectivity index (χ2v) is 1.77. The topological polar surface area (TPSA) is 46.5 Å². The molecule has 0 aromatic rings. The van der Waals surface area contributed by atoms with Gasteiger partial charge in [-0.05, 0) is 0 Å². The van der Waals surface area contributed by atoms with E-state index in [1.54, 1.807) is 0 Å². The largest absolute Gasteiger partial charge is 0.429 e. The van der Waals surface area contributed by atoms with E-state index in [0.717, 1.165) is 5.92 Å². The molecule has 3 nitrogen and oxygen atoms in total. The Morgan fingerprint density at radius 2 is 2.22 bits per heavy atom. The second-order valence-electron chi connectivity index (χ2n) is 1.03. The van der Waals surface area contributed by atoms with E-state index < -0.39 is 14.4 Å². The van der Waals surface area contributed by atoms with E-state index in [2.05, 4.69) is 10.9 Å². The zero-order chi connectivity index (χ0) is 7.49. The molecule has 0 fully saturated rings. The molecule has 1 atom stereocenters. The lowest BCUT2D eigenvalue weighted by Crippen LogP contribution is -2.12. The smallest absolute Gasteiger partial charge is 0.326 e. The number of rotatable bonds is 2. The summed E-state index contributed by atoms with van der Waals surface area (Å²) in [5, 5.41) is 0. The van der Waals surface area contributed by atoms with Crippen LogP contribution in [0.25, 0.3) is 0 Å². The molecule has 0 aliphatic heterocycles. The molecule has 0 bridgehead atoms. The van der Waals surface area contributed by atoms with Crippen molar-refractivity contribution in [3.8, 4) is 12.3 Å². The Morgan fingerprint density at radius 3 is 2.33 bits per heavy atom. The molecular formula is C3H3F2O3P. The molecule has 0 amide bonds. The van der Waals surface area contributed by atoms with Crippen LogP contribution in [0.5, 0.6) is 0 Å². The van der Waals surface area contributed by atoms with E-state index in [1.165, 1.54) is 0 Å². The first-order valence-corrected chi connectivity index (χ1v) is 3.02. The zero-order valence-corrected chi connectivity index (χ0v) is 5.10. The van der Waals surface area contributed by atoms with E-state index in [0.29, 0.717) is 0 Å². The van der Waals surface area contributed by atoms with Crippen molar-refractivity contribution in [1.29, 1.82) is 0 Å². The predicted octanol–water partition coefficient (Wildman–Crippen LogP) is 0.611. The fraction of sp³-hybridized carbons (Fsp3) is 0.333. The maximum absolute atomic E-state index is 11.6. The van der Waals surface area contributed by atoms with Crippen LogP contribution < -0.4 is 0 Å². The highest BCUT2D eigenvalue weighted by Gasteiger charge is 2.28. The summed E-state index contributed by atoms with van der Waals surface area (Å²) < 4.78 is 35.9. The summed E-state index contributed by atoms with van der Waals surface area (Å²) in [7, 11) is -3.65. The van der Waals surface area contributed by atoms with Crippen molar-refractivity contribution in [3.63, 3.8) is 0 Å². The lowest BCUT2D eigenvalue weighted by Gasteiger charge is -2.04. The standard InChI is InChI=1S/C3H3F2O3P/c1-2-3(4,5)8-9(6)7/h1,9H,(H,6,7). The third kappa shape index (κ3) is 4.10. The Hall–Kier alpha value is -0.430. The Labute approximate surface area is 50.6 Å². The molecule has 9 heavy (non-hydrogen) atoms. The zero-order valence-electron chi connectivity index (χ0n) is 4.10. The molecular weight excluding hydrogens is 153 g/mol. The number of terminal acetylenes is 1. The number of hydrogen-bond acceptors (Lipinski definition) is 2. The minimum Gasteiger partial charge on any atom is -0.326 e. The molecule has 1 unspecified atom stereocenters. The van der Waals surface area contributed by atoms with Crippen LogP contribution in [0, 0.1) is 12.3 Å². The quantitative estimate of drug-likeness (QED) is 0.470. The number of halogens is 2. The first-order valence-electron chi connectivity index (χ1n) is 1.75. The minimum atomic E-state index is -3.93. The van der Waals surface area contributed by atoms with E-state index in [4.69, 9.17) is 4.89 Å². The highest BCUT2D eigenvalue weighted by atomic mass is 31.1. The van der Waals surface area contributed by atoms with Crippen molar-refractivity contribution in [1.82, 2.24) is 0 Å².